The van der Waals surface area contributed by atoms with E-state index in [2.05, 4.69) is 20.7 Å². The molecule has 0 aliphatic carbocycles. The second kappa shape index (κ2) is 9.63. The van der Waals surface area contributed by atoms with Crippen LogP contribution in [0.15, 0.2) is 45.8 Å². The molecule has 0 unspecified atom stereocenters. The van der Waals surface area contributed by atoms with Crippen molar-refractivity contribution in [3.8, 4) is 5.75 Å². The number of amides is 2. The Bertz CT molecular complexity index is 1040. The molecule has 156 valence electrons. The SMILES string of the molecule is COC(=O)COc1ccc(Br)cc1/C=C1/SC(=O)N(Cc2c(F)cccc2Cl)C1=O. The Balaban J connectivity index is 1.87. The van der Waals surface area contributed by atoms with Crippen LogP contribution in [0.25, 0.3) is 6.08 Å². The second-order valence-electron chi connectivity index (χ2n) is 6.02. The monoisotopic (exact) mass is 513 g/mol. The maximum absolute atomic E-state index is 14.1. The van der Waals surface area contributed by atoms with Gasteiger partial charge >= 0.3 is 5.97 Å². The van der Waals surface area contributed by atoms with Gasteiger partial charge in [-0.15, -0.1) is 0 Å². The number of thioether (sulfide) groups is 1. The van der Waals surface area contributed by atoms with Crippen LogP contribution in [0.1, 0.15) is 11.1 Å². The number of halogens is 3. The molecule has 2 aromatic rings. The van der Waals surface area contributed by atoms with Crippen LogP contribution in [0.5, 0.6) is 5.75 Å². The van der Waals surface area contributed by atoms with Gasteiger partial charge in [-0.3, -0.25) is 14.5 Å². The molecule has 0 atom stereocenters. The number of hydrogen-bond acceptors (Lipinski definition) is 6. The maximum atomic E-state index is 14.1. The van der Waals surface area contributed by atoms with Crippen LogP contribution < -0.4 is 4.74 Å². The molecule has 0 bridgehead atoms. The molecule has 1 aliphatic heterocycles. The molecule has 0 spiro atoms. The number of carbonyl (C=O) groups is 3. The number of imide groups is 1. The summed E-state index contributed by atoms with van der Waals surface area (Å²) in [5.41, 5.74) is 0.537. The average Bonchev–Trinajstić information content (AvgIpc) is 2.97. The van der Waals surface area contributed by atoms with Crippen molar-refractivity contribution in [3.05, 3.63) is 67.7 Å². The number of nitrogens with zero attached hydrogens (tertiary/aromatic N) is 1. The summed E-state index contributed by atoms with van der Waals surface area (Å²) in [6.07, 6.45) is 1.48. The number of esters is 1. The van der Waals surface area contributed by atoms with Gasteiger partial charge < -0.3 is 9.47 Å². The molecule has 2 amide bonds. The van der Waals surface area contributed by atoms with Crippen molar-refractivity contribution >= 4 is 62.5 Å². The number of rotatable bonds is 6. The summed E-state index contributed by atoms with van der Waals surface area (Å²) in [4.78, 5) is 37.6. The van der Waals surface area contributed by atoms with Gasteiger partial charge in [0.15, 0.2) is 6.61 Å². The molecule has 0 aromatic heterocycles. The molecule has 1 aliphatic rings. The zero-order valence-electron chi connectivity index (χ0n) is 15.5. The van der Waals surface area contributed by atoms with Crippen LogP contribution in [0, 0.1) is 5.82 Å². The third-order valence-electron chi connectivity index (χ3n) is 4.08. The summed E-state index contributed by atoms with van der Waals surface area (Å²) in [5.74, 6) is -1.42. The van der Waals surface area contributed by atoms with Gasteiger partial charge in [-0.2, -0.15) is 0 Å². The minimum absolute atomic E-state index is 0.0623. The van der Waals surface area contributed by atoms with E-state index >= 15 is 0 Å². The lowest BCUT2D eigenvalue weighted by atomic mass is 10.1. The normalized spacial score (nSPS) is 15.1. The van der Waals surface area contributed by atoms with E-state index in [1.54, 1.807) is 18.2 Å². The molecule has 0 N–H and O–H groups in total. The predicted octanol–water partition coefficient (Wildman–Crippen LogP) is 5.03. The first-order chi connectivity index (χ1) is 14.3. The topological polar surface area (TPSA) is 72.9 Å². The molecule has 1 fully saturated rings. The molecule has 6 nitrogen and oxygen atoms in total. The van der Waals surface area contributed by atoms with Crippen molar-refractivity contribution < 1.29 is 28.2 Å². The van der Waals surface area contributed by atoms with Crippen LogP contribution in [-0.4, -0.2) is 35.7 Å². The molecule has 30 heavy (non-hydrogen) atoms. The Morgan fingerprint density at radius 1 is 1.30 bits per heavy atom. The summed E-state index contributed by atoms with van der Waals surface area (Å²) >= 11 is 10.1. The number of methoxy groups -OCH3 is 1. The van der Waals surface area contributed by atoms with E-state index in [0.29, 0.717) is 15.8 Å². The third kappa shape index (κ3) is 5.03. The van der Waals surface area contributed by atoms with Gasteiger partial charge in [0.2, 0.25) is 0 Å². The highest BCUT2D eigenvalue weighted by atomic mass is 79.9. The zero-order valence-corrected chi connectivity index (χ0v) is 18.6. The Hall–Kier alpha value is -2.36. The molecular formula is C20H14BrClFNO5S. The molecular weight excluding hydrogens is 501 g/mol. The van der Waals surface area contributed by atoms with Crippen molar-refractivity contribution in [3.63, 3.8) is 0 Å². The molecule has 10 heteroatoms. The second-order valence-corrected chi connectivity index (χ2v) is 8.33. The molecule has 3 rings (SSSR count). The minimum atomic E-state index is -0.601. The standard InChI is InChI=1S/C20H14BrClFNO5S/c1-28-18(25)10-29-16-6-5-12(21)7-11(16)8-17-19(26)24(20(27)30-17)9-13-14(22)3-2-4-15(13)23/h2-8H,9-10H2,1H3/b17-8+. The van der Waals surface area contributed by atoms with Crippen LogP contribution >= 0.6 is 39.3 Å². The summed E-state index contributed by atoms with van der Waals surface area (Å²) in [5, 5.41) is -0.416. The van der Waals surface area contributed by atoms with Gasteiger partial charge in [-0.25, -0.2) is 9.18 Å². The van der Waals surface area contributed by atoms with Crippen molar-refractivity contribution in [1.82, 2.24) is 4.90 Å². The van der Waals surface area contributed by atoms with Gasteiger partial charge in [0.1, 0.15) is 11.6 Å². The summed E-state index contributed by atoms with van der Waals surface area (Å²) in [6, 6.07) is 9.13. The quantitative estimate of drug-likeness (QED) is 0.398. The first-order valence-corrected chi connectivity index (χ1v) is 10.5. The van der Waals surface area contributed by atoms with Gasteiger partial charge in [-0.05, 0) is 48.2 Å². The van der Waals surface area contributed by atoms with Crippen molar-refractivity contribution in [1.29, 1.82) is 0 Å². The highest BCUT2D eigenvalue weighted by Gasteiger charge is 2.36. The van der Waals surface area contributed by atoms with E-state index in [0.717, 1.165) is 16.7 Å². The van der Waals surface area contributed by atoms with E-state index < -0.39 is 22.9 Å². The third-order valence-corrected chi connectivity index (χ3v) is 5.84. The molecule has 2 aromatic carbocycles. The van der Waals surface area contributed by atoms with E-state index in [-0.39, 0.29) is 28.6 Å². The van der Waals surface area contributed by atoms with Gasteiger partial charge in [0.25, 0.3) is 11.1 Å². The maximum Gasteiger partial charge on any atom is 0.343 e. The van der Waals surface area contributed by atoms with Crippen LogP contribution in [0.2, 0.25) is 5.02 Å². The van der Waals surface area contributed by atoms with Gasteiger partial charge in [0, 0.05) is 20.6 Å². The Morgan fingerprint density at radius 3 is 2.77 bits per heavy atom. The molecule has 0 saturated carbocycles. The predicted molar refractivity (Wildman–Crippen MR) is 115 cm³/mol. The van der Waals surface area contributed by atoms with Crippen molar-refractivity contribution in [2.45, 2.75) is 6.54 Å². The van der Waals surface area contributed by atoms with E-state index in [1.165, 1.54) is 31.4 Å². The number of benzene rings is 2. The summed E-state index contributed by atoms with van der Waals surface area (Å²) in [6.45, 7) is -0.593. The van der Waals surface area contributed by atoms with E-state index in [4.69, 9.17) is 16.3 Å². The lowest BCUT2D eigenvalue weighted by Gasteiger charge is -2.14. The fourth-order valence-electron chi connectivity index (χ4n) is 2.58. The van der Waals surface area contributed by atoms with Crippen LogP contribution in [0.3, 0.4) is 0 Å². The first kappa shape index (κ1) is 22.3. The Kier molecular flexibility index (Phi) is 7.17. The van der Waals surface area contributed by atoms with E-state index in [1.807, 2.05) is 0 Å². The number of hydrogen-bond donors (Lipinski definition) is 0. The molecule has 1 heterocycles. The Morgan fingerprint density at radius 2 is 2.07 bits per heavy atom. The van der Waals surface area contributed by atoms with Crippen molar-refractivity contribution in [2.24, 2.45) is 0 Å². The minimum Gasteiger partial charge on any atom is -0.481 e. The van der Waals surface area contributed by atoms with Gasteiger partial charge in [-0.1, -0.05) is 33.6 Å². The first-order valence-electron chi connectivity index (χ1n) is 8.47. The summed E-state index contributed by atoms with van der Waals surface area (Å²) in [7, 11) is 1.24. The fraction of sp³-hybridized carbons (Fsp3) is 0.150. The smallest absolute Gasteiger partial charge is 0.343 e. The van der Waals surface area contributed by atoms with Gasteiger partial charge in [0.05, 0.1) is 18.6 Å². The summed E-state index contributed by atoms with van der Waals surface area (Å²) < 4.78 is 24.8. The lowest BCUT2D eigenvalue weighted by Crippen LogP contribution is -2.28. The van der Waals surface area contributed by atoms with Crippen LogP contribution in [0.4, 0.5) is 9.18 Å². The zero-order chi connectivity index (χ0) is 21.8. The average molecular weight is 515 g/mol. The van der Waals surface area contributed by atoms with E-state index in [9.17, 15) is 18.8 Å². The highest BCUT2D eigenvalue weighted by Crippen LogP contribution is 2.36. The Labute approximate surface area is 189 Å². The molecule has 0 radical (unpaired) electrons. The lowest BCUT2D eigenvalue weighted by molar-refractivity contribution is -0.142. The fourth-order valence-corrected chi connectivity index (χ4v) is 4.01. The van der Waals surface area contributed by atoms with Crippen molar-refractivity contribution in [2.75, 3.05) is 13.7 Å². The highest BCUT2D eigenvalue weighted by molar-refractivity contribution is 9.10. The largest absolute Gasteiger partial charge is 0.481 e. The van der Waals surface area contributed by atoms with Crippen LogP contribution in [-0.2, 0) is 20.9 Å². The molecule has 1 saturated heterocycles. The number of ether oxygens (including phenoxy) is 2. The number of carbonyl (C=O) groups excluding carboxylic acids is 3.